The van der Waals surface area contributed by atoms with Crippen molar-refractivity contribution in [3.05, 3.63) is 87.4 Å². The van der Waals surface area contributed by atoms with Crippen LogP contribution in [-0.2, 0) is 21.7 Å². The Morgan fingerprint density at radius 1 is 0.870 bits per heavy atom. The highest BCUT2D eigenvalue weighted by molar-refractivity contribution is 6.53. The average molecular weight is 721 g/mol. The van der Waals surface area contributed by atoms with Crippen LogP contribution in [0.3, 0.4) is 0 Å². The van der Waals surface area contributed by atoms with Crippen LogP contribution in [0, 0.1) is 17.6 Å². The van der Waals surface area contributed by atoms with Crippen LogP contribution in [0.15, 0.2) is 48.5 Å². The first-order valence-electron chi connectivity index (χ1n) is 12.6. The van der Waals surface area contributed by atoms with Gasteiger partial charge in [0.15, 0.2) is 5.82 Å². The molecule has 0 aromatic heterocycles. The largest absolute Gasteiger partial charge is 0.416 e. The third-order valence-corrected chi connectivity index (χ3v) is 8.02. The molecule has 1 fully saturated rings. The number of carbonyl (C=O) groups is 3. The van der Waals surface area contributed by atoms with Crippen LogP contribution < -0.4 is 16.0 Å². The van der Waals surface area contributed by atoms with Crippen LogP contribution in [0.4, 0.5) is 56.6 Å². The number of anilines is 3. The Labute approximate surface area is 268 Å². The minimum atomic E-state index is -5.01. The Balaban J connectivity index is 1.56. The van der Waals surface area contributed by atoms with Gasteiger partial charge in [-0.25, -0.2) is 17.6 Å². The number of amides is 3. The van der Waals surface area contributed by atoms with Crippen molar-refractivity contribution in [2.45, 2.75) is 35.7 Å². The third kappa shape index (κ3) is 7.31. The van der Waals surface area contributed by atoms with Gasteiger partial charge in [-0.1, -0.05) is 11.6 Å². The lowest BCUT2D eigenvalue weighted by Gasteiger charge is -2.16. The van der Waals surface area contributed by atoms with Gasteiger partial charge in [-0.3, -0.25) is 14.4 Å². The summed E-state index contributed by atoms with van der Waals surface area (Å²) >= 11 is 18.5. The second-order valence-corrected chi connectivity index (χ2v) is 11.9. The van der Waals surface area contributed by atoms with Gasteiger partial charge in [0, 0.05) is 24.1 Å². The highest BCUT2D eigenvalue weighted by atomic mass is 35.5. The first-order chi connectivity index (χ1) is 21.1. The predicted octanol–water partition coefficient (Wildman–Crippen LogP) is 8.73. The van der Waals surface area contributed by atoms with Crippen molar-refractivity contribution in [1.82, 2.24) is 0 Å². The number of alkyl halides is 9. The Bertz CT molecular complexity index is 1700. The Kier molecular flexibility index (Phi) is 9.55. The van der Waals surface area contributed by atoms with Gasteiger partial charge >= 0.3 is 12.6 Å². The fourth-order valence-electron chi connectivity index (χ4n) is 4.44. The van der Waals surface area contributed by atoms with Crippen molar-refractivity contribution in [2.24, 2.45) is 5.92 Å². The van der Waals surface area contributed by atoms with E-state index in [1.807, 2.05) is 5.32 Å². The molecule has 1 aliphatic carbocycles. The molecule has 46 heavy (non-hydrogen) atoms. The van der Waals surface area contributed by atoms with E-state index in [1.165, 1.54) is 11.4 Å². The Hall–Kier alpha value is -3.69. The van der Waals surface area contributed by atoms with Gasteiger partial charge < -0.3 is 16.0 Å². The number of nitrogens with one attached hydrogen (secondary N) is 3. The van der Waals surface area contributed by atoms with E-state index in [-0.39, 0.29) is 22.3 Å². The second kappa shape index (κ2) is 12.5. The van der Waals surface area contributed by atoms with Gasteiger partial charge in [0.05, 0.1) is 27.8 Å². The van der Waals surface area contributed by atoms with E-state index in [2.05, 4.69) is 5.32 Å². The summed E-state index contributed by atoms with van der Waals surface area (Å²) in [4.78, 5) is 37.2. The predicted molar refractivity (Wildman–Crippen MR) is 151 cm³/mol. The van der Waals surface area contributed by atoms with E-state index in [1.54, 1.807) is 0 Å². The maximum Gasteiger partial charge on any atom is 0.416 e. The van der Waals surface area contributed by atoms with E-state index >= 15 is 0 Å². The molecule has 3 aromatic rings. The molecule has 3 N–H and O–H groups in total. The summed E-state index contributed by atoms with van der Waals surface area (Å²) in [6.45, 7) is 0.390. The summed E-state index contributed by atoms with van der Waals surface area (Å²) in [5, 5.41) is 5.45. The first-order valence-corrected chi connectivity index (χ1v) is 13.7. The molecule has 0 saturated heterocycles. The molecule has 2 unspecified atom stereocenters. The second-order valence-electron chi connectivity index (χ2n) is 10.1. The molecule has 6 nitrogen and oxygen atoms in total. The summed E-state index contributed by atoms with van der Waals surface area (Å²) in [6, 6.07) is 6.16. The molecule has 1 saturated carbocycles. The van der Waals surface area contributed by atoms with Gasteiger partial charge in [0.2, 0.25) is 5.91 Å². The summed E-state index contributed by atoms with van der Waals surface area (Å²) in [5.41, 5.74) is -5.36. The standard InChI is InChI=1S/C28H17Cl3F9N3O3/c1-26(36,37)11-6-10(7-12(8-11)28(38,39)40)18-19(27(18,30)31)24(45)41-13-2-3-15(29)14(9-13)23(44)42-17-5-4-16(32)21(20(17)33)43-25(46)22(34)35/h2-9,18-19,22H,1H3,(H,41,45)(H,42,44)(H,43,46). The molecular weight excluding hydrogens is 704 g/mol. The van der Waals surface area contributed by atoms with Crippen molar-refractivity contribution >= 4 is 69.6 Å². The van der Waals surface area contributed by atoms with Crippen LogP contribution in [0.1, 0.15) is 39.9 Å². The highest BCUT2D eigenvalue weighted by Gasteiger charge is 2.68. The topological polar surface area (TPSA) is 87.3 Å². The number of benzene rings is 3. The van der Waals surface area contributed by atoms with Gasteiger partial charge in [-0.2, -0.15) is 22.0 Å². The van der Waals surface area contributed by atoms with Crippen molar-refractivity contribution in [1.29, 1.82) is 0 Å². The molecule has 1 aliphatic rings. The minimum Gasteiger partial charge on any atom is -0.326 e. The summed E-state index contributed by atoms with van der Waals surface area (Å²) in [6.07, 6.45) is -8.62. The van der Waals surface area contributed by atoms with Crippen LogP contribution >= 0.6 is 34.8 Å². The summed E-state index contributed by atoms with van der Waals surface area (Å²) in [5.74, 6) is -13.6. The average Bonchev–Trinajstić information content (AvgIpc) is 3.53. The zero-order valence-corrected chi connectivity index (χ0v) is 24.9. The van der Waals surface area contributed by atoms with Crippen LogP contribution in [-0.4, -0.2) is 28.5 Å². The van der Waals surface area contributed by atoms with E-state index in [0.29, 0.717) is 19.1 Å². The van der Waals surface area contributed by atoms with Gasteiger partial charge in [-0.05, 0) is 54.1 Å². The normalized spacial score (nSPS) is 17.4. The summed E-state index contributed by atoms with van der Waals surface area (Å²) in [7, 11) is 0. The first kappa shape index (κ1) is 35.2. The quantitative estimate of drug-likeness (QED) is 0.161. The van der Waals surface area contributed by atoms with E-state index in [0.717, 1.165) is 24.3 Å². The van der Waals surface area contributed by atoms with Crippen LogP contribution in [0.5, 0.6) is 0 Å². The maximum atomic E-state index is 14.8. The molecule has 0 bridgehead atoms. The van der Waals surface area contributed by atoms with Crippen molar-refractivity contribution in [2.75, 3.05) is 16.0 Å². The van der Waals surface area contributed by atoms with E-state index in [9.17, 15) is 53.9 Å². The molecule has 246 valence electrons. The fourth-order valence-corrected chi connectivity index (χ4v) is 5.48. The number of carbonyl (C=O) groups excluding carboxylic acids is 3. The van der Waals surface area contributed by atoms with Gasteiger partial charge in [0.25, 0.3) is 17.7 Å². The molecule has 0 heterocycles. The van der Waals surface area contributed by atoms with E-state index in [4.69, 9.17) is 34.8 Å². The van der Waals surface area contributed by atoms with E-state index < -0.39 is 92.1 Å². The molecule has 0 spiro atoms. The zero-order valence-electron chi connectivity index (χ0n) is 22.6. The monoisotopic (exact) mass is 719 g/mol. The van der Waals surface area contributed by atoms with Crippen molar-refractivity contribution < 1.29 is 53.9 Å². The highest BCUT2D eigenvalue weighted by Crippen LogP contribution is 2.65. The van der Waals surface area contributed by atoms with Gasteiger partial charge in [-0.15, -0.1) is 23.2 Å². The molecule has 0 radical (unpaired) electrons. The molecule has 2 atom stereocenters. The van der Waals surface area contributed by atoms with Crippen LogP contribution in [0.25, 0.3) is 0 Å². The zero-order chi connectivity index (χ0) is 34.5. The molecule has 0 aliphatic heterocycles. The molecule has 18 heteroatoms. The number of halogens is 12. The van der Waals surface area contributed by atoms with Crippen molar-refractivity contribution in [3.8, 4) is 0 Å². The molecule has 3 amide bonds. The maximum absolute atomic E-state index is 14.8. The molecule has 3 aromatic carbocycles. The number of hydrogen-bond acceptors (Lipinski definition) is 3. The smallest absolute Gasteiger partial charge is 0.326 e. The Morgan fingerprint density at radius 2 is 1.50 bits per heavy atom. The molecule has 4 rings (SSSR count). The van der Waals surface area contributed by atoms with Crippen LogP contribution in [0.2, 0.25) is 5.02 Å². The third-order valence-electron chi connectivity index (χ3n) is 6.75. The lowest BCUT2D eigenvalue weighted by Crippen LogP contribution is -2.22. The fraction of sp³-hybridized carbons (Fsp3) is 0.250. The minimum absolute atomic E-state index is 0.149. The lowest BCUT2D eigenvalue weighted by molar-refractivity contribution is -0.137. The number of hydrogen-bond donors (Lipinski definition) is 3. The lowest BCUT2D eigenvalue weighted by atomic mass is 9.98. The Morgan fingerprint density at radius 3 is 2.09 bits per heavy atom. The van der Waals surface area contributed by atoms with Crippen molar-refractivity contribution in [3.63, 3.8) is 0 Å². The number of rotatable bonds is 8. The van der Waals surface area contributed by atoms with Gasteiger partial charge in [0.1, 0.15) is 15.8 Å². The summed E-state index contributed by atoms with van der Waals surface area (Å²) < 4.78 is 120. The molecular formula is C28H17Cl3F9N3O3. The SMILES string of the molecule is CC(F)(F)c1cc(C2C(C(=O)Nc3ccc(Cl)c(C(=O)Nc4ccc(F)c(NC(=O)C(F)F)c4F)c3)C2(Cl)Cl)cc(C(F)(F)F)c1.